The number of benzene rings is 1. The molecule has 7 heteroatoms. The fourth-order valence-corrected chi connectivity index (χ4v) is 1.67. The van der Waals surface area contributed by atoms with Crippen molar-refractivity contribution in [3.8, 4) is 0 Å². The Balaban J connectivity index is 2.45. The first-order chi connectivity index (χ1) is 10.8. The van der Waals surface area contributed by atoms with E-state index in [1.54, 1.807) is 29.2 Å². The van der Waals surface area contributed by atoms with Crippen molar-refractivity contribution in [3.05, 3.63) is 30.3 Å². The van der Waals surface area contributed by atoms with Crippen LogP contribution in [-0.2, 0) is 9.47 Å². The van der Waals surface area contributed by atoms with Crippen molar-refractivity contribution in [2.45, 2.75) is 0 Å². The van der Waals surface area contributed by atoms with E-state index in [0.717, 1.165) is 0 Å². The number of urea groups is 1. The third-order valence-corrected chi connectivity index (χ3v) is 2.74. The van der Waals surface area contributed by atoms with E-state index in [9.17, 15) is 4.79 Å². The van der Waals surface area contributed by atoms with Gasteiger partial charge in [0.15, 0.2) is 0 Å². The van der Waals surface area contributed by atoms with Crippen LogP contribution in [0.25, 0.3) is 0 Å². The van der Waals surface area contributed by atoms with Crippen LogP contribution in [0.1, 0.15) is 0 Å². The maximum atomic E-state index is 12.2. The first kappa shape index (κ1) is 18.4. The largest absolute Gasteiger partial charge is 0.394 e. The average Bonchev–Trinajstić information content (AvgIpc) is 2.54. The molecular weight excluding hydrogens is 288 g/mol. The maximum absolute atomic E-state index is 12.2. The minimum absolute atomic E-state index is 0.0493. The van der Waals surface area contributed by atoms with Crippen LogP contribution in [-0.4, -0.2) is 73.9 Å². The van der Waals surface area contributed by atoms with Crippen molar-refractivity contribution in [2.75, 3.05) is 58.0 Å². The van der Waals surface area contributed by atoms with E-state index in [-0.39, 0.29) is 32.5 Å². The van der Waals surface area contributed by atoms with E-state index in [0.29, 0.717) is 32.0 Å². The number of anilines is 1. The van der Waals surface area contributed by atoms with Crippen LogP contribution in [0.3, 0.4) is 0 Å². The molecular formula is C15H23N2O5. The topological polar surface area (TPSA) is 91.3 Å². The number of aliphatic hydroxyl groups is 2. The highest BCUT2D eigenvalue weighted by molar-refractivity contribution is 5.89. The third-order valence-electron chi connectivity index (χ3n) is 2.74. The van der Waals surface area contributed by atoms with Gasteiger partial charge in [-0.15, -0.1) is 0 Å². The smallest absolute Gasteiger partial charge is 0.321 e. The molecule has 22 heavy (non-hydrogen) atoms. The summed E-state index contributed by atoms with van der Waals surface area (Å²) in [5, 5.41) is 20.1. The molecule has 0 aliphatic heterocycles. The third kappa shape index (κ3) is 7.94. The summed E-state index contributed by atoms with van der Waals surface area (Å²) < 4.78 is 10.4. The SMILES string of the molecule is O=C(Nc1cc[c]cc1)N(CCOCCO)CCOCCO. The van der Waals surface area contributed by atoms with E-state index < -0.39 is 0 Å². The summed E-state index contributed by atoms with van der Waals surface area (Å²) in [5.74, 6) is 0. The second kappa shape index (κ2) is 11.9. The van der Waals surface area contributed by atoms with Gasteiger partial charge in [0.1, 0.15) is 0 Å². The van der Waals surface area contributed by atoms with Crippen molar-refractivity contribution in [2.24, 2.45) is 0 Å². The molecule has 0 saturated heterocycles. The molecule has 0 bridgehead atoms. The van der Waals surface area contributed by atoms with E-state index in [1.165, 1.54) is 0 Å². The minimum atomic E-state index is -0.258. The molecule has 2 amide bonds. The zero-order valence-corrected chi connectivity index (χ0v) is 12.5. The summed E-state index contributed by atoms with van der Waals surface area (Å²) in [5.41, 5.74) is 0.682. The predicted molar refractivity (Wildman–Crippen MR) is 81.7 cm³/mol. The molecule has 1 radical (unpaired) electrons. The van der Waals surface area contributed by atoms with Crippen molar-refractivity contribution in [1.29, 1.82) is 0 Å². The lowest BCUT2D eigenvalue weighted by molar-refractivity contribution is 0.0607. The minimum Gasteiger partial charge on any atom is -0.394 e. The van der Waals surface area contributed by atoms with Crippen molar-refractivity contribution < 1.29 is 24.5 Å². The predicted octanol–water partition coefficient (Wildman–Crippen LogP) is 0.338. The molecule has 0 atom stereocenters. The lowest BCUT2D eigenvalue weighted by Gasteiger charge is -2.23. The Bertz CT molecular complexity index is 390. The van der Waals surface area contributed by atoms with Crippen LogP contribution < -0.4 is 5.32 Å². The quantitative estimate of drug-likeness (QED) is 0.513. The Hall–Kier alpha value is -1.67. The van der Waals surface area contributed by atoms with Gasteiger partial charge in [-0.05, 0) is 18.2 Å². The monoisotopic (exact) mass is 311 g/mol. The van der Waals surface area contributed by atoms with E-state index in [1.807, 2.05) is 0 Å². The number of carbonyl (C=O) groups is 1. The molecule has 0 aromatic heterocycles. The molecule has 123 valence electrons. The van der Waals surface area contributed by atoms with Crippen molar-refractivity contribution in [3.63, 3.8) is 0 Å². The van der Waals surface area contributed by atoms with Crippen LogP contribution in [0.4, 0.5) is 10.5 Å². The highest BCUT2D eigenvalue weighted by Gasteiger charge is 2.13. The summed E-state index contributed by atoms with van der Waals surface area (Å²) in [4.78, 5) is 13.8. The van der Waals surface area contributed by atoms with Gasteiger partial charge in [-0.2, -0.15) is 0 Å². The van der Waals surface area contributed by atoms with Gasteiger partial charge in [0, 0.05) is 18.8 Å². The van der Waals surface area contributed by atoms with Gasteiger partial charge in [-0.1, -0.05) is 12.1 Å². The first-order valence-electron chi connectivity index (χ1n) is 7.17. The zero-order valence-electron chi connectivity index (χ0n) is 12.5. The van der Waals surface area contributed by atoms with Crippen molar-refractivity contribution >= 4 is 11.7 Å². The number of ether oxygens (including phenoxy) is 2. The lowest BCUT2D eigenvalue weighted by Crippen LogP contribution is -2.39. The van der Waals surface area contributed by atoms with E-state index in [4.69, 9.17) is 19.7 Å². The fourth-order valence-electron chi connectivity index (χ4n) is 1.67. The van der Waals surface area contributed by atoms with Crippen LogP contribution in [0.2, 0.25) is 0 Å². The number of carbonyl (C=O) groups excluding carboxylic acids is 1. The van der Waals surface area contributed by atoms with Gasteiger partial charge in [0.2, 0.25) is 0 Å². The van der Waals surface area contributed by atoms with E-state index >= 15 is 0 Å². The summed E-state index contributed by atoms with van der Waals surface area (Å²) in [6.07, 6.45) is 0. The van der Waals surface area contributed by atoms with Crippen molar-refractivity contribution in [1.82, 2.24) is 4.90 Å². The average molecular weight is 311 g/mol. The molecule has 1 rings (SSSR count). The van der Waals surface area contributed by atoms with Gasteiger partial charge in [0.25, 0.3) is 0 Å². The molecule has 0 saturated carbocycles. The van der Waals surface area contributed by atoms with Crippen LogP contribution in [0.5, 0.6) is 0 Å². The summed E-state index contributed by atoms with van der Waals surface area (Å²) in [7, 11) is 0. The standard InChI is InChI=1S/C15H23N2O5/c18-8-12-21-10-6-17(7-11-22-13-9-19)15(20)16-14-4-2-1-3-5-14/h2-5,18-19H,6-13H2,(H,16,20). The highest BCUT2D eigenvalue weighted by atomic mass is 16.5. The maximum Gasteiger partial charge on any atom is 0.321 e. The Kier molecular flexibility index (Phi) is 9.97. The molecule has 3 N–H and O–H groups in total. The first-order valence-corrected chi connectivity index (χ1v) is 7.17. The second-order valence-electron chi connectivity index (χ2n) is 4.38. The molecule has 0 aliphatic carbocycles. The highest BCUT2D eigenvalue weighted by Crippen LogP contribution is 2.06. The van der Waals surface area contributed by atoms with E-state index in [2.05, 4.69) is 11.4 Å². The molecule has 1 aromatic carbocycles. The number of nitrogens with one attached hydrogen (secondary N) is 1. The van der Waals surface area contributed by atoms with Gasteiger partial charge < -0.3 is 29.9 Å². The Morgan fingerprint density at radius 3 is 2.09 bits per heavy atom. The zero-order chi connectivity index (χ0) is 16.0. The van der Waals surface area contributed by atoms with Gasteiger partial charge in [-0.3, -0.25) is 0 Å². The van der Waals surface area contributed by atoms with Gasteiger partial charge >= 0.3 is 6.03 Å². The number of aliphatic hydroxyl groups excluding tert-OH is 2. The summed E-state index contributed by atoms with van der Waals surface area (Å²) >= 11 is 0. The molecule has 0 aliphatic rings. The Labute approximate surface area is 130 Å². The number of rotatable bonds is 11. The normalized spacial score (nSPS) is 10.5. The number of amides is 2. The van der Waals surface area contributed by atoms with Gasteiger partial charge in [-0.25, -0.2) is 4.79 Å². The van der Waals surface area contributed by atoms with Gasteiger partial charge in [0.05, 0.1) is 39.6 Å². The molecule has 1 aromatic rings. The summed E-state index contributed by atoms with van der Waals surface area (Å²) in [6.45, 7) is 1.81. The van der Waals surface area contributed by atoms with Crippen LogP contribution in [0.15, 0.2) is 24.3 Å². The molecule has 0 fully saturated rings. The summed E-state index contributed by atoms with van der Waals surface area (Å²) in [6, 6.07) is 9.56. The lowest BCUT2D eigenvalue weighted by atomic mass is 10.3. The number of nitrogens with zero attached hydrogens (tertiary/aromatic N) is 1. The number of hydrogen-bond acceptors (Lipinski definition) is 5. The molecule has 0 heterocycles. The molecule has 0 unspecified atom stereocenters. The number of hydrogen-bond donors (Lipinski definition) is 3. The fraction of sp³-hybridized carbons (Fsp3) is 0.533. The molecule has 7 nitrogen and oxygen atoms in total. The second-order valence-corrected chi connectivity index (χ2v) is 4.38. The Morgan fingerprint density at radius 1 is 1.05 bits per heavy atom. The molecule has 0 spiro atoms. The van der Waals surface area contributed by atoms with Crippen LogP contribution >= 0.6 is 0 Å². The Morgan fingerprint density at radius 2 is 1.59 bits per heavy atom. The van der Waals surface area contributed by atoms with Crippen LogP contribution in [0, 0.1) is 6.07 Å².